The van der Waals surface area contributed by atoms with Gasteiger partial charge in [0.25, 0.3) is 0 Å². The number of benzene rings is 1. The highest BCUT2D eigenvalue weighted by atomic mass is 16.7. The minimum absolute atomic E-state index is 0.0155. The SMILES string of the molecule is CN(CC(=O)Nc1ccc2c(c1)OCO2)C1CCNC1. The Hall–Kier alpha value is -1.79. The summed E-state index contributed by atoms with van der Waals surface area (Å²) < 4.78 is 10.5. The van der Waals surface area contributed by atoms with Gasteiger partial charge in [-0.3, -0.25) is 9.69 Å². The van der Waals surface area contributed by atoms with E-state index >= 15 is 0 Å². The molecule has 20 heavy (non-hydrogen) atoms. The summed E-state index contributed by atoms with van der Waals surface area (Å²) in [6, 6.07) is 5.86. The van der Waals surface area contributed by atoms with Gasteiger partial charge in [0.2, 0.25) is 12.7 Å². The lowest BCUT2D eigenvalue weighted by molar-refractivity contribution is -0.117. The second-order valence-electron chi connectivity index (χ2n) is 5.18. The molecule has 1 atom stereocenters. The smallest absolute Gasteiger partial charge is 0.238 e. The number of hydrogen-bond donors (Lipinski definition) is 2. The van der Waals surface area contributed by atoms with E-state index in [4.69, 9.17) is 9.47 Å². The zero-order valence-electron chi connectivity index (χ0n) is 11.5. The fourth-order valence-corrected chi connectivity index (χ4v) is 2.55. The maximum Gasteiger partial charge on any atom is 0.238 e. The lowest BCUT2D eigenvalue weighted by Gasteiger charge is -2.22. The molecular formula is C14H19N3O3. The van der Waals surface area contributed by atoms with Crippen LogP contribution in [0.5, 0.6) is 11.5 Å². The molecule has 2 aliphatic rings. The summed E-state index contributed by atoms with van der Waals surface area (Å²) >= 11 is 0. The van der Waals surface area contributed by atoms with Crippen LogP contribution in [0.25, 0.3) is 0 Å². The summed E-state index contributed by atoms with van der Waals surface area (Å²) in [5.74, 6) is 1.38. The number of hydrogen-bond acceptors (Lipinski definition) is 5. The molecule has 0 radical (unpaired) electrons. The number of carbonyl (C=O) groups excluding carboxylic acids is 1. The number of likely N-dealkylation sites (N-methyl/N-ethyl adjacent to an activating group) is 1. The number of carbonyl (C=O) groups is 1. The predicted octanol–water partition coefficient (Wildman–Crippen LogP) is 0.647. The first kappa shape index (κ1) is 13.2. The van der Waals surface area contributed by atoms with E-state index in [2.05, 4.69) is 15.5 Å². The van der Waals surface area contributed by atoms with Crippen LogP contribution in [0.2, 0.25) is 0 Å². The average Bonchev–Trinajstić information content (AvgIpc) is 3.09. The Kier molecular flexibility index (Phi) is 3.75. The molecule has 2 N–H and O–H groups in total. The summed E-state index contributed by atoms with van der Waals surface area (Å²) in [7, 11) is 1.98. The van der Waals surface area contributed by atoms with Crippen molar-refractivity contribution in [3.8, 4) is 11.5 Å². The number of nitrogens with one attached hydrogen (secondary N) is 2. The quantitative estimate of drug-likeness (QED) is 0.846. The first-order valence-electron chi connectivity index (χ1n) is 6.83. The Balaban J connectivity index is 1.55. The fourth-order valence-electron chi connectivity index (χ4n) is 2.55. The molecule has 0 bridgehead atoms. The van der Waals surface area contributed by atoms with E-state index in [-0.39, 0.29) is 12.7 Å². The van der Waals surface area contributed by atoms with Gasteiger partial charge in [0.15, 0.2) is 11.5 Å². The van der Waals surface area contributed by atoms with E-state index in [1.165, 1.54) is 0 Å². The number of amides is 1. The average molecular weight is 277 g/mol. The molecule has 1 aromatic rings. The lowest BCUT2D eigenvalue weighted by atomic mass is 10.2. The maximum absolute atomic E-state index is 12.0. The number of ether oxygens (including phenoxy) is 2. The number of rotatable bonds is 4. The van der Waals surface area contributed by atoms with Gasteiger partial charge in [-0.05, 0) is 32.1 Å². The Morgan fingerprint density at radius 3 is 3.10 bits per heavy atom. The van der Waals surface area contributed by atoms with Crippen LogP contribution >= 0.6 is 0 Å². The Bertz CT molecular complexity index is 500. The van der Waals surface area contributed by atoms with Crippen molar-refractivity contribution >= 4 is 11.6 Å². The van der Waals surface area contributed by atoms with Crippen molar-refractivity contribution in [2.75, 3.05) is 38.8 Å². The fraction of sp³-hybridized carbons (Fsp3) is 0.500. The third-order valence-corrected chi connectivity index (χ3v) is 3.71. The van der Waals surface area contributed by atoms with Crippen LogP contribution in [-0.4, -0.2) is 50.3 Å². The summed E-state index contributed by atoms with van der Waals surface area (Å²) in [5.41, 5.74) is 0.734. The van der Waals surface area contributed by atoms with Crippen molar-refractivity contribution in [3.63, 3.8) is 0 Å². The molecule has 1 aromatic carbocycles. The zero-order chi connectivity index (χ0) is 13.9. The van der Waals surface area contributed by atoms with Crippen molar-refractivity contribution in [3.05, 3.63) is 18.2 Å². The molecule has 108 valence electrons. The van der Waals surface area contributed by atoms with Gasteiger partial charge in [0, 0.05) is 24.3 Å². The third-order valence-electron chi connectivity index (χ3n) is 3.71. The van der Waals surface area contributed by atoms with Crippen molar-refractivity contribution in [2.24, 2.45) is 0 Å². The number of fused-ring (bicyclic) bond motifs is 1. The minimum atomic E-state index is -0.0155. The van der Waals surface area contributed by atoms with Gasteiger partial charge in [-0.2, -0.15) is 0 Å². The molecule has 0 aliphatic carbocycles. The minimum Gasteiger partial charge on any atom is -0.454 e. The maximum atomic E-state index is 12.0. The number of anilines is 1. The summed E-state index contributed by atoms with van der Waals surface area (Å²) in [4.78, 5) is 14.1. The van der Waals surface area contributed by atoms with Gasteiger partial charge in [-0.15, -0.1) is 0 Å². The highest BCUT2D eigenvalue weighted by molar-refractivity contribution is 5.92. The third kappa shape index (κ3) is 2.86. The Labute approximate surface area is 118 Å². The van der Waals surface area contributed by atoms with Gasteiger partial charge in [-0.25, -0.2) is 0 Å². The predicted molar refractivity (Wildman–Crippen MR) is 75.1 cm³/mol. The Morgan fingerprint density at radius 2 is 2.30 bits per heavy atom. The van der Waals surface area contributed by atoms with Gasteiger partial charge in [0.1, 0.15) is 0 Å². The summed E-state index contributed by atoms with van der Waals surface area (Å²) in [6.07, 6.45) is 1.09. The van der Waals surface area contributed by atoms with Crippen molar-refractivity contribution < 1.29 is 14.3 Å². The molecule has 6 heteroatoms. The van der Waals surface area contributed by atoms with Gasteiger partial charge >= 0.3 is 0 Å². The lowest BCUT2D eigenvalue weighted by Crippen LogP contribution is -2.39. The molecule has 0 saturated carbocycles. The molecular weight excluding hydrogens is 258 g/mol. The van der Waals surface area contributed by atoms with E-state index < -0.39 is 0 Å². The van der Waals surface area contributed by atoms with Gasteiger partial charge < -0.3 is 20.1 Å². The highest BCUT2D eigenvalue weighted by Gasteiger charge is 2.21. The topological polar surface area (TPSA) is 62.8 Å². The largest absolute Gasteiger partial charge is 0.454 e. The molecule has 1 saturated heterocycles. The monoisotopic (exact) mass is 277 g/mol. The summed E-state index contributed by atoms with van der Waals surface area (Å²) in [5, 5.41) is 6.19. The van der Waals surface area contributed by atoms with Crippen LogP contribution in [0.3, 0.4) is 0 Å². The Morgan fingerprint density at radius 1 is 1.45 bits per heavy atom. The molecule has 1 amide bonds. The van der Waals surface area contributed by atoms with Crippen LogP contribution in [0.15, 0.2) is 18.2 Å². The first-order chi connectivity index (χ1) is 9.72. The molecule has 3 rings (SSSR count). The second-order valence-corrected chi connectivity index (χ2v) is 5.18. The first-order valence-corrected chi connectivity index (χ1v) is 6.83. The van der Waals surface area contributed by atoms with Crippen LogP contribution in [0.1, 0.15) is 6.42 Å². The van der Waals surface area contributed by atoms with Gasteiger partial charge in [-0.1, -0.05) is 0 Å². The van der Waals surface area contributed by atoms with E-state index in [0.29, 0.717) is 18.3 Å². The normalized spacial score (nSPS) is 20.4. The highest BCUT2D eigenvalue weighted by Crippen LogP contribution is 2.34. The van der Waals surface area contributed by atoms with Crippen molar-refractivity contribution in [2.45, 2.75) is 12.5 Å². The van der Waals surface area contributed by atoms with E-state index in [1.54, 1.807) is 6.07 Å². The molecule has 0 spiro atoms. The molecule has 2 heterocycles. The summed E-state index contributed by atoms with van der Waals surface area (Å²) in [6.45, 7) is 2.61. The van der Waals surface area contributed by atoms with Crippen LogP contribution < -0.4 is 20.1 Å². The molecule has 2 aliphatic heterocycles. The second kappa shape index (κ2) is 5.68. The molecule has 1 unspecified atom stereocenters. The van der Waals surface area contributed by atoms with E-state index in [1.807, 2.05) is 19.2 Å². The number of nitrogens with zero attached hydrogens (tertiary/aromatic N) is 1. The van der Waals surface area contributed by atoms with Crippen molar-refractivity contribution in [1.29, 1.82) is 0 Å². The molecule has 6 nitrogen and oxygen atoms in total. The van der Waals surface area contributed by atoms with Crippen LogP contribution in [0, 0.1) is 0 Å². The zero-order valence-corrected chi connectivity index (χ0v) is 11.5. The van der Waals surface area contributed by atoms with E-state index in [0.717, 1.165) is 30.9 Å². The van der Waals surface area contributed by atoms with Gasteiger partial charge in [0.05, 0.1) is 6.54 Å². The van der Waals surface area contributed by atoms with Crippen LogP contribution in [-0.2, 0) is 4.79 Å². The standard InChI is InChI=1S/C14H19N3O3/c1-17(11-4-5-15-7-11)8-14(18)16-10-2-3-12-13(6-10)20-9-19-12/h2-3,6,11,15H,4-5,7-9H2,1H3,(H,16,18). The van der Waals surface area contributed by atoms with Crippen LogP contribution in [0.4, 0.5) is 5.69 Å². The van der Waals surface area contributed by atoms with E-state index in [9.17, 15) is 4.79 Å². The molecule has 0 aromatic heterocycles. The van der Waals surface area contributed by atoms with Crippen molar-refractivity contribution in [1.82, 2.24) is 10.2 Å². The molecule has 1 fully saturated rings.